The van der Waals surface area contributed by atoms with Crippen LogP contribution >= 0.6 is 11.6 Å². The Hall–Kier alpha value is -1.89. The number of alkyl halides is 3. The number of hydrogen-bond acceptors (Lipinski definition) is 4. The zero-order chi connectivity index (χ0) is 13.2. The molecule has 0 saturated heterocycles. The molecule has 2 rings (SSSR count). The largest absolute Gasteiger partial charge is 0.436 e. The van der Waals surface area contributed by atoms with Gasteiger partial charge in [0.05, 0.1) is 11.8 Å². The first kappa shape index (κ1) is 12.6. The first-order chi connectivity index (χ1) is 8.45. The van der Waals surface area contributed by atoms with Gasteiger partial charge in [0.15, 0.2) is 5.15 Å². The molecule has 0 saturated carbocycles. The van der Waals surface area contributed by atoms with Crippen molar-refractivity contribution in [2.45, 2.75) is 6.18 Å². The topological polar surface area (TPSA) is 47.9 Å². The van der Waals surface area contributed by atoms with Crippen molar-refractivity contribution in [3.05, 3.63) is 41.3 Å². The van der Waals surface area contributed by atoms with Crippen molar-refractivity contribution in [3.63, 3.8) is 0 Å². The van der Waals surface area contributed by atoms with Crippen molar-refractivity contribution < 1.29 is 17.9 Å². The number of rotatable bonds is 2. The molecule has 0 aromatic carbocycles. The molecule has 2 aromatic rings. The molecule has 94 valence electrons. The van der Waals surface area contributed by atoms with E-state index in [1.807, 2.05) is 0 Å². The Bertz CT molecular complexity index is 545. The second-order valence-corrected chi connectivity index (χ2v) is 3.59. The maximum absolute atomic E-state index is 12.4. The van der Waals surface area contributed by atoms with Crippen LogP contribution in [0.2, 0.25) is 5.15 Å². The number of aromatic nitrogens is 3. The first-order valence-electron chi connectivity index (χ1n) is 4.64. The summed E-state index contributed by atoms with van der Waals surface area (Å²) in [6.07, 6.45) is -2.62. The third-order valence-electron chi connectivity index (χ3n) is 1.87. The van der Waals surface area contributed by atoms with Gasteiger partial charge in [0.1, 0.15) is 5.75 Å². The fraction of sp³-hybridized carbons (Fsp3) is 0.100. The molecule has 2 heterocycles. The molecule has 0 bridgehead atoms. The average molecular weight is 276 g/mol. The lowest BCUT2D eigenvalue weighted by Gasteiger charge is -2.08. The van der Waals surface area contributed by atoms with Crippen LogP contribution in [0.1, 0.15) is 5.56 Å². The lowest BCUT2D eigenvalue weighted by atomic mass is 10.3. The smallest absolute Gasteiger partial charge is 0.418 e. The molecule has 4 nitrogen and oxygen atoms in total. The summed E-state index contributed by atoms with van der Waals surface area (Å²) >= 11 is 5.51. The second kappa shape index (κ2) is 4.77. The molecular formula is C10H5ClF3N3O. The van der Waals surface area contributed by atoms with Gasteiger partial charge in [-0.15, -0.1) is 10.2 Å². The van der Waals surface area contributed by atoms with E-state index in [9.17, 15) is 13.2 Å². The third-order valence-corrected chi connectivity index (χ3v) is 2.07. The van der Waals surface area contributed by atoms with E-state index in [0.717, 1.165) is 12.3 Å². The Balaban J connectivity index is 2.22. The zero-order valence-corrected chi connectivity index (χ0v) is 9.40. The van der Waals surface area contributed by atoms with Crippen molar-refractivity contribution in [1.29, 1.82) is 0 Å². The Morgan fingerprint density at radius 2 is 1.89 bits per heavy atom. The number of nitrogens with zero attached hydrogens (tertiary/aromatic N) is 3. The molecule has 0 aliphatic rings. The number of ether oxygens (including phenoxy) is 1. The second-order valence-electron chi connectivity index (χ2n) is 3.20. The van der Waals surface area contributed by atoms with E-state index in [4.69, 9.17) is 16.3 Å². The standard InChI is InChI=1S/C10H5ClF3N3O/c11-8-1-2-9(17-16-8)18-7-3-6(4-15-5-7)10(12,13)14/h1-5H. The van der Waals surface area contributed by atoms with Crippen LogP contribution in [0.25, 0.3) is 0 Å². The minimum absolute atomic E-state index is 0.0283. The number of hydrogen-bond donors (Lipinski definition) is 0. The summed E-state index contributed by atoms with van der Waals surface area (Å²) in [5, 5.41) is 7.20. The van der Waals surface area contributed by atoms with Gasteiger partial charge in [-0.05, 0) is 12.1 Å². The minimum Gasteiger partial charge on any atom is -0.436 e. The number of pyridine rings is 1. The summed E-state index contributed by atoms with van der Waals surface area (Å²) in [6.45, 7) is 0. The fourth-order valence-electron chi connectivity index (χ4n) is 1.11. The van der Waals surface area contributed by atoms with Crippen molar-refractivity contribution in [2.24, 2.45) is 0 Å². The van der Waals surface area contributed by atoms with E-state index >= 15 is 0 Å². The lowest BCUT2D eigenvalue weighted by Crippen LogP contribution is -2.05. The van der Waals surface area contributed by atoms with E-state index in [2.05, 4.69) is 15.2 Å². The molecular weight excluding hydrogens is 271 g/mol. The molecule has 0 amide bonds. The van der Waals surface area contributed by atoms with Crippen molar-refractivity contribution in [3.8, 4) is 11.6 Å². The molecule has 2 aromatic heterocycles. The highest BCUT2D eigenvalue weighted by Gasteiger charge is 2.31. The highest BCUT2D eigenvalue weighted by molar-refractivity contribution is 6.29. The third kappa shape index (κ3) is 3.07. The summed E-state index contributed by atoms with van der Waals surface area (Å²) in [5.74, 6) is -0.0537. The van der Waals surface area contributed by atoms with Crippen LogP contribution in [-0.2, 0) is 6.18 Å². The molecule has 0 aliphatic carbocycles. The van der Waals surface area contributed by atoms with Crippen molar-refractivity contribution in [1.82, 2.24) is 15.2 Å². The maximum atomic E-state index is 12.4. The highest BCUT2D eigenvalue weighted by atomic mass is 35.5. The van der Waals surface area contributed by atoms with Crippen molar-refractivity contribution >= 4 is 11.6 Å². The lowest BCUT2D eigenvalue weighted by molar-refractivity contribution is -0.137. The van der Waals surface area contributed by atoms with Gasteiger partial charge in [0.25, 0.3) is 0 Å². The average Bonchev–Trinajstić information content (AvgIpc) is 2.31. The molecule has 0 radical (unpaired) electrons. The van der Waals surface area contributed by atoms with Crippen LogP contribution in [0.15, 0.2) is 30.6 Å². The van der Waals surface area contributed by atoms with E-state index in [1.165, 1.54) is 12.1 Å². The molecule has 8 heteroatoms. The quantitative estimate of drug-likeness (QED) is 0.843. The van der Waals surface area contributed by atoms with Gasteiger partial charge in [0.2, 0.25) is 5.88 Å². The normalized spacial score (nSPS) is 11.3. The van der Waals surface area contributed by atoms with Gasteiger partial charge in [-0.2, -0.15) is 13.2 Å². The molecule has 0 spiro atoms. The van der Waals surface area contributed by atoms with Crippen LogP contribution in [0.3, 0.4) is 0 Å². The summed E-state index contributed by atoms with van der Waals surface area (Å²) in [6, 6.07) is 3.61. The molecule has 18 heavy (non-hydrogen) atoms. The maximum Gasteiger partial charge on any atom is 0.418 e. The Morgan fingerprint density at radius 1 is 1.11 bits per heavy atom. The van der Waals surface area contributed by atoms with Crippen LogP contribution in [0.4, 0.5) is 13.2 Å². The summed E-state index contributed by atoms with van der Waals surface area (Å²) in [7, 11) is 0. The van der Waals surface area contributed by atoms with Gasteiger partial charge in [-0.3, -0.25) is 4.98 Å². The minimum atomic E-state index is -4.47. The summed E-state index contributed by atoms with van der Waals surface area (Å²) in [4.78, 5) is 3.45. The van der Waals surface area contributed by atoms with E-state index in [1.54, 1.807) is 0 Å². The predicted octanol–water partition coefficient (Wildman–Crippen LogP) is 3.34. The monoisotopic (exact) mass is 275 g/mol. The van der Waals surface area contributed by atoms with Gasteiger partial charge >= 0.3 is 6.18 Å². The molecule has 0 aliphatic heterocycles. The molecule has 0 N–H and O–H groups in total. The zero-order valence-electron chi connectivity index (χ0n) is 8.65. The Kier molecular flexibility index (Phi) is 3.33. The van der Waals surface area contributed by atoms with Crippen LogP contribution < -0.4 is 4.74 Å². The summed E-state index contributed by atoms with van der Waals surface area (Å²) < 4.78 is 42.3. The van der Waals surface area contributed by atoms with Crippen LogP contribution in [-0.4, -0.2) is 15.2 Å². The molecule has 0 atom stereocenters. The van der Waals surface area contributed by atoms with Gasteiger partial charge in [-0.25, -0.2) is 0 Å². The number of halogens is 4. The Labute approximate surface area is 104 Å². The summed E-state index contributed by atoms with van der Waals surface area (Å²) in [5.41, 5.74) is -0.901. The van der Waals surface area contributed by atoms with E-state index < -0.39 is 11.7 Å². The van der Waals surface area contributed by atoms with Gasteiger partial charge in [0, 0.05) is 12.3 Å². The fourth-order valence-corrected chi connectivity index (χ4v) is 1.21. The van der Waals surface area contributed by atoms with E-state index in [0.29, 0.717) is 6.20 Å². The van der Waals surface area contributed by atoms with Crippen LogP contribution in [0.5, 0.6) is 11.6 Å². The van der Waals surface area contributed by atoms with Gasteiger partial charge in [-0.1, -0.05) is 11.6 Å². The molecule has 0 unspecified atom stereocenters. The highest BCUT2D eigenvalue weighted by Crippen LogP contribution is 2.31. The van der Waals surface area contributed by atoms with Gasteiger partial charge < -0.3 is 4.74 Å². The van der Waals surface area contributed by atoms with Crippen molar-refractivity contribution in [2.75, 3.05) is 0 Å². The van der Waals surface area contributed by atoms with E-state index in [-0.39, 0.29) is 16.8 Å². The Morgan fingerprint density at radius 3 is 2.50 bits per heavy atom. The van der Waals surface area contributed by atoms with Crippen LogP contribution in [0, 0.1) is 0 Å². The molecule has 0 fully saturated rings. The SMILES string of the molecule is FC(F)(F)c1cncc(Oc2ccc(Cl)nn2)c1. The first-order valence-corrected chi connectivity index (χ1v) is 5.02. The predicted molar refractivity (Wildman–Crippen MR) is 56.4 cm³/mol.